The predicted molar refractivity (Wildman–Crippen MR) is 78.6 cm³/mol. The summed E-state index contributed by atoms with van der Waals surface area (Å²) >= 11 is 0. The van der Waals surface area contributed by atoms with Gasteiger partial charge in [-0.05, 0) is 45.4 Å². The van der Waals surface area contributed by atoms with Gasteiger partial charge in [0, 0.05) is 12.7 Å². The third kappa shape index (κ3) is 3.06. The Morgan fingerprint density at radius 3 is 2.52 bits per heavy atom. The first kappa shape index (κ1) is 16.2. The van der Waals surface area contributed by atoms with Crippen molar-refractivity contribution < 1.29 is 22.4 Å². The molecule has 1 heterocycles. The summed E-state index contributed by atoms with van der Waals surface area (Å²) in [5.74, 6) is 0.721. The van der Waals surface area contributed by atoms with E-state index in [1.54, 1.807) is 33.1 Å². The minimum Gasteiger partial charge on any atom is -0.464 e. The van der Waals surface area contributed by atoms with Gasteiger partial charge >= 0.3 is 10.3 Å². The van der Waals surface area contributed by atoms with Crippen molar-refractivity contribution >= 4 is 10.3 Å². The highest BCUT2D eigenvalue weighted by Crippen LogP contribution is 2.44. The normalized spacial score (nSPS) is 21.0. The van der Waals surface area contributed by atoms with Gasteiger partial charge in [-0.3, -0.25) is 4.55 Å². The van der Waals surface area contributed by atoms with E-state index in [-0.39, 0.29) is 11.7 Å². The number of hydrogen-bond acceptors (Lipinski definition) is 4. The van der Waals surface area contributed by atoms with E-state index in [1.807, 2.05) is 19.9 Å². The summed E-state index contributed by atoms with van der Waals surface area (Å²) in [4.78, 5) is 0. The van der Waals surface area contributed by atoms with Gasteiger partial charge < -0.3 is 9.47 Å². The van der Waals surface area contributed by atoms with Crippen LogP contribution in [-0.4, -0.2) is 26.4 Å². The molecule has 2 N–H and O–H groups in total. The molecule has 0 spiro atoms. The van der Waals surface area contributed by atoms with Crippen molar-refractivity contribution in [1.82, 2.24) is 4.72 Å². The number of rotatable bonds is 4. The molecule has 6 nitrogen and oxygen atoms in total. The quantitative estimate of drug-likeness (QED) is 0.830. The van der Waals surface area contributed by atoms with E-state index in [2.05, 4.69) is 4.72 Å². The molecular formula is C14H21NO5S. The number of ether oxygens (including phenoxy) is 2. The maximum Gasteiger partial charge on any atom is 0.334 e. The van der Waals surface area contributed by atoms with Crippen molar-refractivity contribution in [3.8, 4) is 5.75 Å². The van der Waals surface area contributed by atoms with Gasteiger partial charge in [0.05, 0.1) is 11.0 Å². The van der Waals surface area contributed by atoms with Crippen molar-refractivity contribution in [2.45, 2.75) is 44.9 Å². The molecule has 0 bridgehead atoms. The number of hydrogen-bond donors (Lipinski definition) is 2. The van der Waals surface area contributed by atoms with Gasteiger partial charge in [-0.25, -0.2) is 0 Å². The molecule has 0 radical (unpaired) electrons. The molecule has 1 unspecified atom stereocenters. The van der Waals surface area contributed by atoms with E-state index < -0.39 is 15.8 Å². The van der Waals surface area contributed by atoms with Gasteiger partial charge in [-0.2, -0.15) is 13.1 Å². The molecule has 0 saturated carbocycles. The maximum absolute atomic E-state index is 11.1. The zero-order chi connectivity index (χ0) is 16.1. The van der Waals surface area contributed by atoms with Gasteiger partial charge in [0.15, 0.2) is 0 Å². The fourth-order valence-corrected chi connectivity index (χ4v) is 3.40. The summed E-state index contributed by atoms with van der Waals surface area (Å²) < 4.78 is 44.4. The lowest BCUT2D eigenvalue weighted by molar-refractivity contribution is -0.0779. The lowest BCUT2D eigenvalue weighted by atomic mass is 9.82. The van der Waals surface area contributed by atoms with Gasteiger partial charge in [0.25, 0.3) is 0 Å². The van der Waals surface area contributed by atoms with Crippen LogP contribution in [0.1, 0.15) is 38.8 Å². The molecule has 1 aliphatic rings. The fraction of sp³-hybridized carbons (Fsp3) is 0.571. The van der Waals surface area contributed by atoms with Crippen molar-refractivity contribution in [2.24, 2.45) is 0 Å². The van der Waals surface area contributed by atoms with Gasteiger partial charge in [0.1, 0.15) is 5.75 Å². The molecule has 1 aliphatic heterocycles. The highest BCUT2D eigenvalue weighted by atomic mass is 32.2. The Morgan fingerprint density at radius 1 is 1.38 bits per heavy atom. The molecule has 1 aromatic rings. The topological polar surface area (TPSA) is 84.9 Å². The second-order valence-electron chi connectivity index (χ2n) is 6.32. The summed E-state index contributed by atoms with van der Waals surface area (Å²) in [6.45, 7) is 7.36. The van der Waals surface area contributed by atoms with Crippen LogP contribution in [0.15, 0.2) is 18.2 Å². The van der Waals surface area contributed by atoms with Crippen LogP contribution in [0.25, 0.3) is 0 Å². The van der Waals surface area contributed by atoms with Crippen LogP contribution in [0.3, 0.4) is 0 Å². The third-order valence-corrected chi connectivity index (χ3v) is 4.59. The van der Waals surface area contributed by atoms with Gasteiger partial charge in [-0.1, -0.05) is 6.07 Å². The number of methoxy groups -OCH3 is 1. The van der Waals surface area contributed by atoms with Crippen molar-refractivity contribution in [1.29, 1.82) is 0 Å². The second-order valence-corrected chi connectivity index (χ2v) is 7.47. The van der Waals surface area contributed by atoms with Crippen LogP contribution in [0.5, 0.6) is 5.75 Å². The first-order chi connectivity index (χ1) is 9.47. The van der Waals surface area contributed by atoms with E-state index in [9.17, 15) is 8.42 Å². The fourth-order valence-electron chi connectivity index (χ4n) is 2.64. The Labute approximate surface area is 125 Å². The second kappa shape index (κ2) is 4.95. The maximum atomic E-state index is 11.1. The molecule has 0 amide bonds. The average molecular weight is 315 g/mol. The Bertz CT molecular complexity index is 651. The summed E-state index contributed by atoms with van der Waals surface area (Å²) in [6, 6.07) is 5.44. The molecule has 0 fully saturated rings. The van der Waals surface area contributed by atoms with E-state index in [4.69, 9.17) is 14.0 Å². The highest BCUT2D eigenvalue weighted by Gasteiger charge is 2.42. The summed E-state index contributed by atoms with van der Waals surface area (Å²) in [6.07, 6.45) is -0.389. The first-order valence-corrected chi connectivity index (χ1v) is 8.02. The Balaban J connectivity index is 2.44. The van der Waals surface area contributed by atoms with Crippen LogP contribution >= 0.6 is 0 Å². The van der Waals surface area contributed by atoms with E-state index in [0.29, 0.717) is 0 Å². The smallest absolute Gasteiger partial charge is 0.334 e. The van der Waals surface area contributed by atoms with Crippen LogP contribution in [0.4, 0.5) is 0 Å². The molecule has 0 aromatic heterocycles. The standard InChI is InChI=1S/C14H21NO5S/c1-13(2)10-8-9(14(3,4)15-21(16,17)18)6-7-11(10)20-12(13)19-5/h6-8,12,15H,1-5H3,(H,16,17,18). The summed E-state index contributed by atoms with van der Waals surface area (Å²) in [7, 11) is -2.71. The summed E-state index contributed by atoms with van der Waals surface area (Å²) in [5, 5.41) is 0. The molecule has 7 heteroatoms. The zero-order valence-electron chi connectivity index (χ0n) is 12.8. The number of nitrogens with one attached hydrogen (secondary N) is 1. The van der Waals surface area contributed by atoms with Gasteiger partial charge in [-0.15, -0.1) is 0 Å². The first-order valence-electron chi connectivity index (χ1n) is 6.58. The highest BCUT2D eigenvalue weighted by molar-refractivity contribution is 7.83. The molecule has 21 heavy (non-hydrogen) atoms. The van der Waals surface area contributed by atoms with E-state index in [1.165, 1.54) is 0 Å². The SMILES string of the molecule is COC1Oc2ccc(C(C)(C)NS(=O)(=O)O)cc2C1(C)C. The van der Waals surface area contributed by atoms with Crippen molar-refractivity contribution in [3.63, 3.8) is 0 Å². The lowest BCUT2D eigenvalue weighted by Crippen LogP contribution is -2.40. The van der Waals surface area contributed by atoms with Gasteiger partial charge in [0.2, 0.25) is 6.29 Å². The summed E-state index contributed by atoms with van der Waals surface area (Å²) in [5.41, 5.74) is 0.377. The molecule has 0 aliphatic carbocycles. The van der Waals surface area contributed by atoms with Crippen LogP contribution in [-0.2, 0) is 26.0 Å². The monoisotopic (exact) mass is 315 g/mol. The lowest BCUT2D eigenvalue weighted by Gasteiger charge is -2.27. The van der Waals surface area contributed by atoms with Crippen molar-refractivity contribution in [3.05, 3.63) is 29.3 Å². The minimum absolute atomic E-state index is 0.353. The Morgan fingerprint density at radius 2 is 2.00 bits per heavy atom. The van der Waals surface area contributed by atoms with Crippen LogP contribution in [0.2, 0.25) is 0 Å². The Kier molecular flexibility index (Phi) is 3.82. The zero-order valence-corrected chi connectivity index (χ0v) is 13.6. The molecule has 2 rings (SSSR count). The average Bonchev–Trinajstić information content (AvgIpc) is 2.57. The molecule has 1 atom stereocenters. The van der Waals surface area contributed by atoms with Crippen LogP contribution < -0.4 is 9.46 Å². The molecule has 118 valence electrons. The molecule has 0 saturated heterocycles. The van der Waals surface area contributed by atoms with E-state index in [0.717, 1.165) is 16.9 Å². The minimum atomic E-state index is -4.29. The van der Waals surface area contributed by atoms with Crippen LogP contribution in [0, 0.1) is 0 Å². The molecular weight excluding hydrogens is 294 g/mol. The third-order valence-electron chi connectivity index (χ3n) is 3.82. The molecule has 1 aromatic carbocycles. The largest absolute Gasteiger partial charge is 0.464 e. The van der Waals surface area contributed by atoms with Crippen molar-refractivity contribution in [2.75, 3.05) is 7.11 Å². The van der Waals surface area contributed by atoms with E-state index >= 15 is 0 Å². The Hall–Kier alpha value is -1.15. The number of fused-ring (bicyclic) bond motifs is 1. The number of benzene rings is 1. The predicted octanol–water partition coefficient (Wildman–Crippen LogP) is 1.96.